The molecule has 2 heterocycles. The number of benzene rings is 2. The van der Waals surface area contributed by atoms with Crippen molar-refractivity contribution in [3.63, 3.8) is 0 Å². The zero-order valence-corrected chi connectivity index (χ0v) is 17.7. The van der Waals surface area contributed by atoms with Crippen LogP contribution in [-0.4, -0.2) is 25.0 Å². The fourth-order valence-corrected chi connectivity index (χ4v) is 4.67. The Hall–Kier alpha value is -2.17. The molecule has 3 nitrogen and oxygen atoms in total. The maximum absolute atomic E-state index is 12.6. The summed E-state index contributed by atoms with van der Waals surface area (Å²) in [5, 5.41) is 7.66. The molecule has 0 saturated carbocycles. The van der Waals surface area contributed by atoms with Gasteiger partial charge >= 0.3 is 0 Å². The van der Waals surface area contributed by atoms with Gasteiger partial charge in [-0.2, -0.15) is 0 Å². The van der Waals surface area contributed by atoms with Gasteiger partial charge in [0.2, 0.25) is 0 Å². The summed E-state index contributed by atoms with van der Waals surface area (Å²) in [4.78, 5) is 13.4. The second-order valence-corrected chi connectivity index (χ2v) is 9.77. The highest BCUT2D eigenvalue weighted by Crippen LogP contribution is 2.31. The predicted octanol–water partition coefficient (Wildman–Crippen LogP) is 5.35. The highest BCUT2D eigenvalue weighted by molar-refractivity contribution is 7.20. The molecular weight excluding hydrogens is 364 g/mol. The third-order valence-electron chi connectivity index (χ3n) is 5.50. The number of carbonyl (C=O) groups is 1. The summed E-state index contributed by atoms with van der Waals surface area (Å²) in [6, 6.07) is 17.6. The fraction of sp³-hybridized carbons (Fsp3) is 0.375. The van der Waals surface area contributed by atoms with Crippen LogP contribution in [0.3, 0.4) is 0 Å². The van der Waals surface area contributed by atoms with Crippen LogP contribution < -0.4 is 10.6 Å². The zero-order chi connectivity index (χ0) is 19.7. The highest BCUT2D eigenvalue weighted by Gasteiger charge is 2.18. The van der Waals surface area contributed by atoms with Gasteiger partial charge in [0.1, 0.15) is 0 Å². The molecule has 0 unspecified atom stereocenters. The first-order valence-electron chi connectivity index (χ1n) is 10.1. The van der Waals surface area contributed by atoms with Gasteiger partial charge in [0.25, 0.3) is 5.91 Å². The van der Waals surface area contributed by atoms with Crippen LogP contribution in [0.5, 0.6) is 0 Å². The highest BCUT2D eigenvalue weighted by atomic mass is 32.1. The SMILES string of the molecule is CC(C)(C)c1ccc(-c2ccc3sc(C(=O)NC4CCNCC4)cc3c2)cc1. The monoisotopic (exact) mass is 392 g/mol. The standard InChI is InChI=1S/C24H28N2OS/c1-24(2,3)19-7-4-16(5-8-19)17-6-9-21-18(14-17)15-22(28-21)23(27)26-20-10-12-25-13-11-20/h4-9,14-15,20,25H,10-13H2,1-3H3,(H,26,27). The Morgan fingerprint density at radius 2 is 1.68 bits per heavy atom. The summed E-state index contributed by atoms with van der Waals surface area (Å²) in [6.07, 6.45) is 2.01. The largest absolute Gasteiger partial charge is 0.349 e. The Morgan fingerprint density at radius 3 is 2.36 bits per heavy atom. The molecule has 1 amide bonds. The van der Waals surface area contributed by atoms with Crippen molar-refractivity contribution in [3.8, 4) is 11.1 Å². The van der Waals surface area contributed by atoms with Crippen LogP contribution in [0.2, 0.25) is 0 Å². The third-order valence-corrected chi connectivity index (χ3v) is 6.61. The van der Waals surface area contributed by atoms with Crippen LogP contribution in [-0.2, 0) is 5.41 Å². The van der Waals surface area contributed by atoms with Gasteiger partial charge in [-0.1, -0.05) is 51.1 Å². The second kappa shape index (κ2) is 7.69. The number of hydrogen-bond donors (Lipinski definition) is 2. The van der Waals surface area contributed by atoms with Gasteiger partial charge in [0.05, 0.1) is 4.88 Å². The average molecular weight is 393 g/mol. The molecule has 0 atom stereocenters. The number of fused-ring (bicyclic) bond motifs is 1. The summed E-state index contributed by atoms with van der Waals surface area (Å²) in [5.41, 5.74) is 3.90. The molecular formula is C24H28N2OS. The Labute approximate surface area is 171 Å². The number of thiophene rings is 1. The lowest BCUT2D eigenvalue weighted by Crippen LogP contribution is -2.42. The van der Waals surface area contributed by atoms with Crippen molar-refractivity contribution in [2.75, 3.05) is 13.1 Å². The minimum absolute atomic E-state index is 0.0594. The first-order chi connectivity index (χ1) is 13.4. The van der Waals surface area contributed by atoms with Crippen molar-refractivity contribution < 1.29 is 4.79 Å². The van der Waals surface area contributed by atoms with Gasteiger partial charge in [-0.05, 0) is 71.6 Å². The van der Waals surface area contributed by atoms with E-state index in [0.29, 0.717) is 0 Å². The van der Waals surface area contributed by atoms with Gasteiger partial charge in [-0.3, -0.25) is 4.79 Å². The van der Waals surface area contributed by atoms with Gasteiger partial charge < -0.3 is 10.6 Å². The summed E-state index contributed by atoms with van der Waals surface area (Å²) in [6.45, 7) is 8.66. The Balaban J connectivity index is 1.55. The summed E-state index contributed by atoms with van der Waals surface area (Å²) < 4.78 is 1.16. The van der Waals surface area contributed by atoms with Crippen LogP contribution in [0.4, 0.5) is 0 Å². The molecule has 2 N–H and O–H groups in total. The average Bonchev–Trinajstić information content (AvgIpc) is 3.12. The number of nitrogens with one attached hydrogen (secondary N) is 2. The smallest absolute Gasteiger partial charge is 0.261 e. The van der Waals surface area contributed by atoms with Crippen LogP contribution in [0, 0.1) is 0 Å². The minimum atomic E-state index is 0.0594. The molecule has 1 fully saturated rings. The molecule has 1 saturated heterocycles. The molecule has 4 rings (SSSR count). The molecule has 0 bridgehead atoms. The van der Waals surface area contributed by atoms with E-state index in [9.17, 15) is 4.79 Å². The normalized spacial score (nSPS) is 15.7. The lowest BCUT2D eigenvalue weighted by Gasteiger charge is -2.23. The number of rotatable bonds is 3. The number of amides is 1. The molecule has 146 valence electrons. The molecule has 1 aliphatic rings. The van der Waals surface area contributed by atoms with Gasteiger partial charge in [-0.15, -0.1) is 11.3 Å². The number of hydrogen-bond acceptors (Lipinski definition) is 3. The zero-order valence-electron chi connectivity index (χ0n) is 16.8. The van der Waals surface area contributed by atoms with Gasteiger partial charge in [0.15, 0.2) is 0 Å². The Bertz CT molecular complexity index is 976. The summed E-state index contributed by atoms with van der Waals surface area (Å²) in [7, 11) is 0. The van der Waals surface area contributed by atoms with Crippen molar-refractivity contribution >= 4 is 27.3 Å². The predicted molar refractivity (Wildman–Crippen MR) is 119 cm³/mol. The van der Waals surface area contributed by atoms with E-state index in [1.165, 1.54) is 16.7 Å². The van der Waals surface area contributed by atoms with E-state index in [0.717, 1.165) is 40.9 Å². The second-order valence-electron chi connectivity index (χ2n) is 8.69. The number of carbonyl (C=O) groups excluding carboxylic acids is 1. The Morgan fingerprint density at radius 1 is 1.00 bits per heavy atom. The molecule has 0 aliphatic carbocycles. The molecule has 1 aliphatic heterocycles. The van der Waals surface area contributed by atoms with Gasteiger partial charge in [-0.25, -0.2) is 0 Å². The first-order valence-corrected chi connectivity index (χ1v) is 10.9. The van der Waals surface area contributed by atoms with E-state index in [-0.39, 0.29) is 17.4 Å². The third kappa shape index (κ3) is 4.13. The first kappa shape index (κ1) is 19.2. The maximum Gasteiger partial charge on any atom is 0.261 e. The molecule has 4 heteroatoms. The molecule has 0 radical (unpaired) electrons. The van der Waals surface area contributed by atoms with Crippen LogP contribution in [0.25, 0.3) is 21.2 Å². The Kier molecular flexibility index (Phi) is 5.26. The van der Waals surface area contributed by atoms with E-state index in [2.05, 4.69) is 73.9 Å². The molecule has 0 spiro atoms. The van der Waals surface area contributed by atoms with Crippen molar-refractivity contribution in [3.05, 3.63) is 59.0 Å². The molecule has 28 heavy (non-hydrogen) atoms. The topological polar surface area (TPSA) is 41.1 Å². The molecule has 1 aromatic heterocycles. The van der Waals surface area contributed by atoms with Crippen molar-refractivity contribution in [1.29, 1.82) is 0 Å². The van der Waals surface area contributed by atoms with E-state index in [1.807, 2.05) is 6.07 Å². The van der Waals surface area contributed by atoms with E-state index >= 15 is 0 Å². The van der Waals surface area contributed by atoms with Crippen LogP contribution in [0.15, 0.2) is 48.5 Å². The van der Waals surface area contributed by atoms with E-state index in [1.54, 1.807) is 11.3 Å². The quantitative estimate of drug-likeness (QED) is 0.631. The van der Waals surface area contributed by atoms with Gasteiger partial charge in [0, 0.05) is 10.7 Å². The molecule has 2 aromatic carbocycles. The van der Waals surface area contributed by atoms with Crippen LogP contribution in [0.1, 0.15) is 48.8 Å². The van der Waals surface area contributed by atoms with Crippen molar-refractivity contribution in [1.82, 2.24) is 10.6 Å². The summed E-state index contributed by atoms with van der Waals surface area (Å²) in [5.74, 6) is 0.0594. The minimum Gasteiger partial charge on any atom is -0.349 e. The lowest BCUT2D eigenvalue weighted by atomic mass is 9.86. The van der Waals surface area contributed by atoms with Crippen molar-refractivity contribution in [2.45, 2.75) is 45.1 Å². The van der Waals surface area contributed by atoms with Crippen LogP contribution >= 0.6 is 11.3 Å². The summed E-state index contributed by atoms with van der Waals surface area (Å²) >= 11 is 1.58. The lowest BCUT2D eigenvalue weighted by molar-refractivity contribution is 0.0934. The maximum atomic E-state index is 12.6. The van der Waals surface area contributed by atoms with E-state index < -0.39 is 0 Å². The fourth-order valence-electron chi connectivity index (χ4n) is 3.72. The van der Waals surface area contributed by atoms with Crippen molar-refractivity contribution in [2.24, 2.45) is 0 Å². The molecule has 3 aromatic rings. The number of piperidine rings is 1. The van der Waals surface area contributed by atoms with E-state index in [4.69, 9.17) is 0 Å².